The van der Waals surface area contributed by atoms with Gasteiger partial charge in [0.2, 0.25) is 10.1 Å². The highest BCUT2D eigenvalue weighted by Crippen LogP contribution is 2.38. The molecule has 0 aliphatic carbocycles. The van der Waals surface area contributed by atoms with Crippen molar-refractivity contribution in [2.75, 3.05) is 37.3 Å². The molecule has 5 heterocycles. The number of aromatic nitrogens is 3. The van der Waals surface area contributed by atoms with E-state index in [-0.39, 0.29) is 5.92 Å². The maximum Gasteiger partial charge on any atom is 0.445 e. The van der Waals surface area contributed by atoms with Crippen LogP contribution in [0.4, 0.5) is 18.3 Å². The van der Waals surface area contributed by atoms with Gasteiger partial charge in [0.15, 0.2) is 5.58 Å². The van der Waals surface area contributed by atoms with Crippen LogP contribution < -0.4 is 4.90 Å². The van der Waals surface area contributed by atoms with Gasteiger partial charge in [-0.05, 0) is 43.2 Å². The second kappa shape index (κ2) is 8.68. The Morgan fingerprint density at radius 2 is 1.97 bits per heavy atom. The van der Waals surface area contributed by atoms with Gasteiger partial charge in [0.1, 0.15) is 5.76 Å². The van der Waals surface area contributed by atoms with Gasteiger partial charge in [-0.15, -0.1) is 10.2 Å². The number of halogens is 3. The zero-order chi connectivity index (χ0) is 22.3. The Bertz CT molecular complexity index is 1130. The highest BCUT2D eigenvalue weighted by atomic mass is 32.2. The van der Waals surface area contributed by atoms with E-state index in [4.69, 9.17) is 4.42 Å². The maximum absolute atomic E-state index is 12.8. The third kappa shape index (κ3) is 4.38. The van der Waals surface area contributed by atoms with Crippen LogP contribution in [0.25, 0.3) is 16.5 Å². The second-order valence-electron chi connectivity index (χ2n) is 7.95. The molecule has 2 aliphatic heterocycles. The minimum absolute atomic E-state index is 0.223. The number of piperidine rings is 1. The molecule has 3 aromatic heterocycles. The van der Waals surface area contributed by atoms with Gasteiger partial charge in [0.25, 0.3) is 0 Å². The molecule has 0 unspecified atom stereocenters. The van der Waals surface area contributed by atoms with Crippen molar-refractivity contribution in [1.82, 2.24) is 19.5 Å². The molecule has 11 heteroatoms. The fourth-order valence-corrected chi connectivity index (χ4v) is 5.47. The average Bonchev–Trinajstić information content (AvgIpc) is 3.46. The molecule has 0 atom stereocenters. The number of rotatable bonds is 4. The standard InChI is InChI=1S/C21H22F3N5OS2/c1-31-29-8-4-13(5-9-29)16-10-15-11-17(30-18(15)12-25-16)14-2-6-28(7-3-14)20-27-26-19(32-20)21(22,23)24/h4,10-12,14H,2-3,5-9H2,1H3. The van der Waals surface area contributed by atoms with Crippen LogP contribution >= 0.6 is 23.3 Å². The van der Waals surface area contributed by atoms with Gasteiger partial charge in [-0.2, -0.15) is 13.2 Å². The SMILES string of the molecule is CSN1CC=C(c2cc3cc(C4CCN(c5nnc(C(F)(F)F)s5)CC4)oc3cn2)CC1. The van der Waals surface area contributed by atoms with Crippen molar-refractivity contribution in [3.8, 4) is 0 Å². The summed E-state index contributed by atoms with van der Waals surface area (Å²) in [7, 11) is 0. The van der Waals surface area contributed by atoms with E-state index < -0.39 is 11.2 Å². The third-order valence-electron chi connectivity index (χ3n) is 6.01. The lowest BCUT2D eigenvalue weighted by atomic mass is 9.94. The summed E-state index contributed by atoms with van der Waals surface area (Å²) in [4.78, 5) is 6.49. The normalized spacial score (nSPS) is 19.0. The molecule has 0 amide bonds. The third-order valence-corrected chi connectivity index (χ3v) is 7.88. The summed E-state index contributed by atoms with van der Waals surface area (Å²) >= 11 is 2.36. The van der Waals surface area contributed by atoms with Crippen LogP contribution in [0.15, 0.2) is 28.8 Å². The first kappa shape index (κ1) is 21.7. The molecule has 0 saturated carbocycles. The van der Waals surface area contributed by atoms with Gasteiger partial charge in [0.05, 0.1) is 11.9 Å². The highest BCUT2D eigenvalue weighted by Gasteiger charge is 2.36. The highest BCUT2D eigenvalue weighted by molar-refractivity contribution is 7.96. The summed E-state index contributed by atoms with van der Waals surface area (Å²) in [5.74, 6) is 1.14. The minimum atomic E-state index is -4.45. The Hall–Kier alpha value is -2.11. The molecule has 0 spiro atoms. The Labute approximate surface area is 191 Å². The van der Waals surface area contributed by atoms with E-state index in [9.17, 15) is 13.2 Å². The fraction of sp³-hybridized carbons (Fsp3) is 0.476. The number of anilines is 1. The van der Waals surface area contributed by atoms with Crippen LogP contribution in [-0.4, -0.2) is 51.9 Å². The lowest BCUT2D eigenvalue weighted by molar-refractivity contribution is -0.138. The molecule has 2 aliphatic rings. The molecule has 1 saturated heterocycles. The summed E-state index contributed by atoms with van der Waals surface area (Å²) in [6, 6.07) is 4.18. The summed E-state index contributed by atoms with van der Waals surface area (Å²) in [6.45, 7) is 3.18. The second-order valence-corrected chi connectivity index (χ2v) is 9.79. The van der Waals surface area contributed by atoms with Crippen molar-refractivity contribution in [1.29, 1.82) is 0 Å². The average molecular weight is 482 g/mol. The van der Waals surface area contributed by atoms with E-state index in [1.54, 1.807) is 18.1 Å². The molecular formula is C21H22F3N5OS2. The lowest BCUT2D eigenvalue weighted by Crippen LogP contribution is -2.32. The smallest absolute Gasteiger partial charge is 0.445 e. The van der Waals surface area contributed by atoms with E-state index in [0.29, 0.717) is 29.6 Å². The van der Waals surface area contributed by atoms with Crippen molar-refractivity contribution in [2.24, 2.45) is 0 Å². The van der Waals surface area contributed by atoms with E-state index in [0.717, 1.165) is 54.8 Å². The van der Waals surface area contributed by atoms with Crippen LogP contribution in [-0.2, 0) is 6.18 Å². The van der Waals surface area contributed by atoms with E-state index >= 15 is 0 Å². The number of alkyl halides is 3. The number of fused-ring (bicyclic) bond motifs is 1. The van der Waals surface area contributed by atoms with E-state index in [2.05, 4.69) is 44.0 Å². The van der Waals surface area contributed by atoms with Crippen molar-refractivity contribution < 1.29 is 17.6 Å². The number of nitrogens with zero attached hydrogens (tertiary/aromatic N) is 5. The molecule has 32 heavy (non-hydrogen) atoms. The minimum Gasteiger partial charge on any atom is -0.459 e. The zero-order valence-electron chi connectivity index (χ0n) is 17.4. The van der Waals surface area contributed by atoms with Gasteiger partial charge < -0.3 is 9.32 Å². The van der Waals surface area contributed by atoms with Crippen molar-refractivity contribution in [3.63, 3.8) is 0 Å². The van der Waals surface area contributed by atoms with E-state index in [1.807, 2.05) is 4.90 Å². The molecule has 1 fully saturated rings. The number of hydrogen-bond acceptors (Lipinski definition) is 8. The molecular weight excluding hydrogens is 459 g/mol. The van der Waals surface area contributed by atoms with Crippen molar-refractivity contribution in [3.05, 3.63) is 40.9 Å². The lowest BCUT2D eigenvalue weighted by Gasteiger charge is -2.30. The summed E-state index contributed by atoms with van der Waals surface area (Å²) < 4.78 is 46.8. The van der Waals surface area contributed by atoms with Crippen LogP contribution in [0.2, 0.25) is 0 Å². The Morgan fingerprint density at radius 1 is 1.16 bits per heavy atom. The maximum atomic E-state index is 12.8. The predicted molar refractivity (Wildman–Crippen MR) is 121 cm³/mol. The van der Waals surface area contributed by atoms with Crippen molar-refractivity contribution in [2.45, 2.75) is 31.4 Å². The van der Waals surface area contributed by atoms with Crippen LogP contribution in [0.3, 0.4) is 0 Å². The number of hydrogen-bond donors (Lipinski definition) is 0. The Kier molecular flexibility index (Phi) is 5.89. The molecule has 0 aromatic carbocycles. The summed E-state index contributed by atoms with van der Waals surface area (Å²) in [5.41, 5.74) is 3.04. The van der Waals surface area contributed by atoms with Gasteiger partial charge in [-0.1, -0.05) is 29.4 Å². The molecule has 6 nitrogen and oxygen atoms in total. The van der Waals surface area contributed by atoms with Gasteiger partial charge in [-0.25, -0.2) is 4.31 Å². The molecule has 0 bridgehead atoms. The fourth-order valence-electron chi connectivity index (χ4n) is 4.21. The number of pyridine rings is 1. The largest absolute Gasteiger partial charge is 0.459 e. The first-order valence-corrected chi connectivity index (χ1v) is 12.4. The van der Waals surface area contributed by atoms with Gasteiger partial charge in [-0.3, -0.25) is 4.98 Å². The zero-order valence-corrected chi connectivity index (χ0v) is 19.1. The van der Waals surface area contributed by atoms with Crippen LogP contribution in [0, 0.1) is 0 Å². The molecule has 0 radical (unpaired) electrons. The molecule has 5 rings (SSSR count). The van der Waals surface area contributed by atoms with E-state index in [1.165, 1.54) is 5.57 Å². The quantitative estimate of drug-likeness (QED) is 0.459. The molecule has 170 valence electrons. The number of furan rings is 1. The van der Waals surface area contributed by atoms with Gasteiger partial charge in [0, 0.05) is 37.5 Å². The Balaban J connectivity index is 1.27. The topological polar surface area (TPSA) is 58.3 Å². The predicted octanol–water partition coefficient (Wildman–Crippen LogP) is 5.45. The molecule has 0 N–H and O–H groups in total. The Morgan fingerprint density at radius 3 is 2.62 bits per heavy atom. The van der Waals surface area contributed by atoms with Crippen LogP contribution in [0.1, 0.15) is 41.6 Å². The first-order valence-electron chi connectivity index (χ1n) is 10.4. The molecule has 3 aromatic rings. The van der Waals surface area contributed by atoms with Crippen LogP contribution in [0.5, 0.6) is 0 Å². The van der Waals surface area contributed by atoms with Gasteiger partial charge >= 0.3 is 6.18 Å². The summed E-state index contributed by atoms with van der Waals surface area (Å²) in [5, 5.41) is 7.50. The first-order chi connectivity index (χ1) is 15.4. The summed E-state index contributed by atoms with van der Waals surface area (Å²) in [6.07, 6.45) is 4.23. The monoisotopic (exact) mass is 481 g/mol. The van der Waals surface area contributed by atoms with Crippen molar-refractivity contribution >= 4 is 45.0 Å².